The monoisotopic (exact) mass is 643 g/mol. The lowest BCUT2D eigenvalue weighted by Gasteiger charge is -2.34. The Morgan fingerprint density at radius 2 is 1.73 bits per heavy atom. The number of hydrogen-bond donors (Lipinski definition) is 4. The van der Waals surface area contributed by atoms with Crippen LogP contribution < -0.4 is 21.3 Å². The largest absolute Gasteiger partial charge is 0.353 e. The predicted molar refractivity (Wildman–Crippen MR) is 168 cm³/mol. The van der Waals surface area contributed by atoms with Crippen LogP contribution in [0.25, 0.3) is 0 Å². The molecule has 2 atom stereocenters. The Bertz CT molecular complexity index is 1390. The average molecular weight is 644 g/mol. The summed E-state index contributed by atoms with van der Waals surface area (Å²) in [7, 11) is 3.45. The van der Waals surface area contributed by atoms with Crippen LogP contribution in [0.1, 0.15) is 70.5 Å². The summed E-state index contributed by atoms with van der Waals surface area (Å²) in [5.41, 5.74) is 0.432. The molecule has 0 bridgehead atoms. The van der Waals surface area contributed by atoms with E-state index in [1.54, 1.807) is 17.9 Å². The van der Waals surface area contributed by atoms with E-state index >= 15 is 4.39 Å². The van der Waals surface area contributed by atoms with Gasteiger partial charge in [-0.3, -0.25) is 24.0 Å². The number of benzene rings is 1. The minimum Gasteiger partial charge on any atom is -0.353 e. The van der Waals surface area contributed by atoms with Gasteiger partial charge in [0.25, 0.3) is 11.8 Å². The first-order valence-corrected chi connectivity index (χ1v) is 16.3. The second kappa shape index (κ2) is 15.9. The molecule has 1 aliphatic carbocycles. The maximum atomic E-state index is 15.4. The van der Waals surface area contributed by atoms with Gasteiger partial charge >= 0.3 is 0 Å². The van der Waals surface area contributed by atoms with Gasteiger partial charge in [-0.05, 0) is 43.5 Å². The van der Waals surface area contributed by atoms with E-state index in [2.05, 4.69) is 31.2 Å². The fourth-order valence-corrected chi connectivity index (χ4v) is 6.41. The van der Waals surface area contributed by atoms with Gasteiger partial charge in [0.2, 0.25) is 17.7 Å². The van der Waals surface area contributed by atoms with Crippen LogP contribution in [0.15, 0.2) is 24.4 Å². The zero-order chi connectivity index (χ0) is 32.5. The van der Waals surface area contributed by atoms with Gasteiger partial charge in [0.1, 0.15) is 22.8 Å². The molecule has 4 rings (SSSR count). The summed E-state index contributed by atoms with van der Waals surface area (Å²) in [6.07, 6.45) is 5.93. The van der Waals surface area contributed by atoms with Crippen LogP contribution in [0.5, 0.6) is 0 Å². The van der Waals surface area contributed by atoms with E-state index in [4.69, 9.17) is 0 Å². The molecule has 4 N–H and O–H groups in total. The Labute approximate surface area is 266 Å². The van der Waals surface area contributed by atoms with E-state index in [9.17, 15) is 24.0 Å². The van der Waals surface area contributed by atoms with Gasteiger partial charge in [-0.2, -0.15) is 0 Å². The van der Waals surface area contributed by atoms with Crippen LogP contribution in [0.2, 0.25) is 0 Å². The van der Waals surface area contributed by atoms with Crippen LogP contribution in [0.4, 0.5) is 10.1 Å². The molecular formula is C31H42FN7O5S. The van der Waals surface area contributed by atoms with Gasteiger partial charge in [0.05, 0.1) is 11.9 Å². The minimum atomic E-state index is -0.919. The smallest absolute Gasteiger partial charge is 0.280 e. The van der Waals surface area contributed by atoms with Gasteiger partial charge in [-0.15, -0.1) is 11.3 Å². The van der Waals surface area contributed by atoms with Crippen molar-refractivity contribution >= 4 is 46.6 Å². The number of aromatic nitrogens is 1. The van der Waals surface area contributed by atoms with E-state index in [0.29, 0.717) is 18.7 Å². The summed E-state index contributed by atoms with van der Waals surface area (Å²) in [5, 5.41) is 10.8. The molecule has 2 aromatic rings. The van der Waals surface area contributed by atoms with Crippen molar-refractivity contribution in [3.05, 3.63) is 45.7 Å². The van der Waals surface area contributed by atoms with Gasteiger partial charge in [-0.25, -0.2) is 9.37 Å². The molecule has 0 spiro atoms. The molecule has 0 radical (unpaired) electrons. The van der Waals surface area contributed by atoms with Crippen molar-refractivity contribution < 1.29 is 28.4 Å². The van der Waals surface area contributed by atoms with Crippen LogP contribution in [0, 0.1) is 11.7 Å². The number of piperazine rings is 1. The summed E-state index contributed by atoms with van der Waals surface area (Å²) in [5.74, 6) is -2.81. The Kier molecular flexibility index (Phi) is 12.0. The first-order valence-electron chi connectivity index (χ1n) is 15.4. The summed E-state index contributed by atoms with van der Waals surface area (Å²) in [6.45, 7) is 4.25. The highest BCUT2D eigenvalue weighted by Crippen LogP contribution is 2.28. The average Bonchev–Trinajstić information content (AvgIpc) is 3.55. The van der Waals surface area contributed by atoms with E-state index in [0.717, 1.165) is 56.5 Å². The number of hydrogen-bond acceptors (Lipinski definition) is 8. The lowest BCUT2D eigenvalue weighted by atomic mass is 9.83. The Morgan fingerprint density at radius 1 is 1.02 bits per heavy atom. The van der Waals surface area contributed by atoms with E-state index in [-0.39, 0.29) is 46.1 Å². The quantitative estimate of drug-likeness (QED) is 0.293. The molecule has 5 amide bonds. The fourth-order valence-electron chi connectivity index (χ4n) is 5.65. The molecular weight excluding hydrogens is 601 g/mol. The number of rotatable bonds is 11. The zero-order valence-corrected chi connectivity index (χ0v) is 26.8. The standard InChI is InChI=1S/C31H42FN7O5S/c1-4-25(40)35-23(31(44)39-14-12-38(3)13-15-39)17-19-10-11-22(21(32)16-19)36-28(42)26(20-8-6-5-7-9-20)37-27(41)24-18-34-30(45-24)29(43)33-2/h10-11,16,18,20,23,26H,4-9,12-15,17H2,1-3H3,(H,33,43)(H,35,40)(H,36,42)(H,37,41)/t23-,26+/m1/s1. The third-order valence-electron chi connectivity index (χ3n) is 8.34. The third kappa shape index (κ3) is 9.07. The number of halogens is 1. The van der Waals surface area contributed by atoms with E-state index < -0.39 is 35.6 Å². The molecule has 1 aliphatic heterocycles. The highest BCUT2D eigenvalue weighted by atomic mass is 32.1. The number of carbonyl (C=O) groups is 5. The van der Waals surface area contributed by atoms with Crippen molar-refractivity contribution in [1.29, 1.82) is 0 Å². The van der Waals surface area contributed by atoms with Crippen LogP contribution in [-0.4, -0.2) is 96.7 Å². The van der Waals surface area contributed by atoms with Crippen molar-refractivity contribution in [2.24, 2.45) is 5.92 Å². The third-order valence-corrected chi connectivity index (χ3v) is 9.34. The second-order valence-corrected chi connectivity index (χ2v) is 12.6. The summed E-state index contributed by atoms with van der Waals surface area (Å²) >= 11 is 0.921. The summed E-state index contributed by atoms with van der Waals surface area (Å²) < 4.78 is 15.4. The molecule has 1 aromatic carbocycles. The Balaban J connectivity index is 1.47. The van der Waals surface area contributed by atoms with Crippen molar-refractivity contribution in [3.63, 3.8) is 0 Å². The van der Waals surface area contributed by atoms with E-state index in [1.165, 1.54) is 25.4 Å². The molecule has 1 saturated heterocycles. The number of nitrogens with one attached hydrogen (secondary N) is 4. The predicted octanol–water partition coefficient (Wildman–Crippen LogP) is 2.17. The minimum absolute atomic E-state index is 0.0574. The molecule has 12 nitrogen and oxygen atoms in total. The maximum absolute atomic E-state index is 15.4. The lowest BCUT2D eigenvalue weighted by Crippen LogP contribution is -2.54. The van der Waals surface area contributed by atoms with Crippen LogP contribution in [-0.2, 0) is 20.8 Å². The Morgan fingerprint density at radius 3 is 2.38 bits per heavy atom. The normalized spacial score (nSPS) is 17.2. The molecule has 14 heteroatoms. The first-order chi connectivity index (χ1) is 21.6. The first kappa shape index (κ1) is 34.0. The topological polar surface area (TPSA) is 153 Å². The van der Waals surface area contributed by atoms with Crippen molar-refractivity contribution in [1.82, 2.24) is 30.7 Å². The van der Waals surface area contributed by atoms with Gasteiger partial charge in [0.15, 0.2) is 5.01 Å². The molecule has 1 aromatic heterocycles. The maximum Gasteiger partial charge on any atom is 0.280 e. The van der Waals surface area contributed by atoms with Gasteiger partial charge in [-0.1, -0.05) is 32.3 Å². The summed E-state index contributed by atoms with van der Waals surface area (Å²) in [6, 6.07) is 2.54. The van der Waals surface area contributed by atoms with Gasteiger partial charge < -0.3 is 31.1 Å². The zero-order valence-electron chi connectivity index (χ0n) is 26.0. The van der Waals surface area contributed by atoms with Crippen molar-refractivity contribution in [2.75, 3.05) is 45.6 Å². The Hall–Kier alpha value is -3.91. The highest BCUT2D eigenvalue weighted by molar-refractivity contribution is 7.15. The molecule has 2 heterocycles. The number of likely N-dealkylation sites (N-methyl/N-ethyl adjacent to an activating group) is 1. The molecule has 1 saturated carbocycles. The van der Waals surface area contributed by atoms with Crippen molar-refractivity contribution in [2.45, 2.75) is 64.0 Å². The second-order valence-electron chi connectivity index (χ2n) is 11.6. The molecule has 45 heavy (non-hydrogen) atoms. The molecule has 0 unspecified atom stereocenters. The van der Waals surface area contributed by atoms with Crippen LogP contribution >= 0.6 is 11.3 Å². The molecule has 244 valence electrons. The number of amides is 5. The number of carbonyl (C=O) groups excluding carboxylic acids is 5. The number of thiazole rings is 1. The van der Waals surface area contributed by atoms with Crippen molar-refractivity contribution in [3.8, 4) is 0 Å². The number of anilines is 1. The highest BCUT2D eigenvalue weighted by Gasteiger charge is 2.33. The fraction of sp³-hybridized carbons (Fsp3) is 0.548. The summed E-state index contributed by atoms with van der Waals surface area (Å²) in [4.78, 5) is 72.1. The molecule has 2 aliphatic rings. The number of nitrogens with zero attached hydrogens (tertiary/aromatic N) is 3. The van der Waals surface area contributed by atoms with Crippen LogP contribution in [0.3, 0.4) is 0 Å². The van der Waals surface area contributed by atoms with E-state index in [1.807, 2.05) is 7.05 Å². The van der Waals surface area contributed by atoms with Gasteiger partial charge in [0, 0.05) is 46.1 Å². The molecule has 2 fully saturated rings. The SMILES string of the molecule is CCC(=O)N[C@H](Cc1ccc(NC(=O)[C@@H](NC(=O)c2cnc(C(=O)NC)s2)C2CCCCC2)c(F)c1)C(=O)N1CCN(C)CC1. The lowest BCUT2D eigenvalue weighted by molar-refractivity contribution is -0.137.